The number of ether oxygens (including phenoxy) is 1. The van der Waals surface area contributed by atoms with Gasteiger partial charge < -0.3 is 20.7 Å². The Kier molecular flexibility index (Phi) is 4.73. The number of para-hydroxylation sites is 1. The first-order valence-electron chi connectivity index (χ1n) is 7.65. The maximum Gasteiger partial charge on any atom is 0.253 e. The van der Waals surface area contributed by atoms with Crippen LogP contribution in [0, 0.1) is 0 Å². The molecular formula is C17H20N4O2. The number of hydrogen-bond acceptors (Lipinski definition) is 5. The zero-order chi connectivity index (χ0) is 16.1. The van der Waals surface area contributed by atoms with Crippen LogP contribution in [0.2, 0.25) is 0 Å². The summed E-state index contributed by atoms with van der Waals surface area (Å²) in [5.41, 5.74) is 7.79. The average molecular weight is 312 g/mol. The molecule has 1 saturated heterocycles. The highest BCUT2D eigenvalue weighted by atomic mass is 16.5. The van der Waals surface area contributed by atoms with Crippen LogP contribution in [0.4, 0.5) is 11.5 Å². The fraction of sp³-hybridized carbons (Fsp3) is 0.294. The lowest BCUT2D eigenvalue weighted by molar-refractivity contribution is 0.0951. The second kappa shape index (κ2) is 7.11. The zero-order valence-electron chi connectivity index (χ0n) is 12.9. The van der Waals surface area contributed by atoms with E-state index in [9.17, 15) is 4.79 Å². The molecule has 1 amide bonds. The van der Waals surface area contributed by atoms with E-state index in [0.29, 0.717) is 31.0 Å². The van der Waals surface area contributed by atoms with Crippen molar-refractivity contribution < 1.29 is 9.53 Å². The number of anilines is 2. The van der Waals surface area contributed by atoms with Crippen molar-refractivity contribution in [2.24, 2.45) is 0 Å². The number of benzene rings is 1. The summed E-state index contributed by atoms with van der Waals surface area (Å²) in [4.78, 5) is 18.9. The monoisotopic (exact) mass is 312 g/mol. The van der Waals surface area contributed by atoms with Crippen molar-refractivity contribution in [2.75, 3.05) is 36.9 Å². The predicted octanol–water partition coefficient (Wildman–Crippen LogP) is 1.43. The first-order valence-corrected chi connectivity index (χ1v) is 7.65. The highest BCUT2D eigenvalue weighted by molar-refractivity contribution is 5.99. The molecule has 0 aliphatic carbocycles. The van der Waals surface area contributed by atoms with E-state index in [-0.39, 0.29) is 5.91 Å². The smallest absolute Gasteiger partial charge is 0.253 e. The van der Waals surface area contributed by atoms with Crippen molar-refractivity contribution in [3.63, 3.8) is 0 Å². The number of pyridine rings is 1. The summed E-state index contributed by atoms with van der Waals surface area (Å²) >= 11 is 0. The van der Waals surface area contributed by atoms with E-state index in [1.165, 1.54) is 0 Å². The summed E-state index contributed by atoms with van der Waals surface area (Å²) in [5, 5.41) is 2.92. The van der Waals surface area contributed by atoms with Crippen LogP contribution in [0.3, 0.4) is 0 Å². The first kappa shape index (κ1) is 15.3. The minimum atomic E-state index is -0.181. The van der Waals surface area contributed by atoms with E-state index >= 15 is 0 Å². The first-order chi connectivity index (χ1) is 11.3. The lowest BCUT2D eigenvalue weighted by Gasteiger charge is -2.29. The summed E-state index contributed by atoms with van der Waals surface area (Å²) in [5.74, 6) is 0.719. The molecule has 0 radical (unpaired) electrons. The van der Waals surface area contributed by atoms with Gasteiger partial charge in [0, 0.05) is 37.1 Å². The Balaban J connectivity index is 1.71. The van der Waals surface area contributed by atoms with E-state index < -0.39 is 0 Å². The van der Waals surface area contributed by atoms with Crippen LogP contribution >= 0.6 is 0 Å². The van der Waals surface area contributed by atoms with Crippen LogP contribution in [0.5, 0.6) is 0 Å². The van der Waals surface area contributed by atoms with Gasteiger partial charge >= 0.3 is 0 Å². The molecule has 3 N–H and O–H groups in total. The number of nitrogens with one attached hydrogen (secondary N) is 1. The van der Waals surface area contributed by atoms with E-state index in [4.69, 9.17) is 10.5 Å². The van der Waals surface area contributed by atoms with Crippen molar-refractivity contribution in [3.8, 4) is 0 Å². The molecule has 2 heterocycles. The maximum atomic E-state index is 12.3. The van der Waals surface area contributed by atoms with Gasteiger partial charge in [-0.3, -0.25) is 4.79 Å². The number of carbonyl (C=O) groups excluding carboxylic acids is 1. The quantitative estimate of drug-likeness (QED) is 0.835. The SMILES string of the molecule is Nc1ccccc1C(=O)NCc1cccnc1N1CCOCC1. The molecule has 1 fully saturated rings. The summed E-state index contributed by atoms with van der Waals surface area (Å²) < 4.78 is 5.38. The molecule has 1 aliphatic rings. The fourth-order valence-corrected chi connectivity index (χ4v) is 2.60. The molecule has 0 atom stereocenters. The molecule has 0 saturated carbocycles. The Morgan fingerprint density at radius 3 is 2.78 bits per heavy atom. The molecule has 23 heavy (non-hydrogen) atoms. The lowest BCUT2D eigenvalue weighted by atomic mass is 10.1. The molecule has 0 unspecified atom stereocenters. The number of nitrogens with zero attached hydrogens (tertiary/aromatic N) is 2. The number of morpholine rings is 1. The summed E-state index contributed by atoms with van der Waals surface area (Å²) in [6.45, 7) is 3.42. The summed E-state index contributed by atoms with van der Waals surface area (Å²) in [6, 6.07) is 10.9. The van der Waals surface area contributed by atoms with Crippen molar-refractivity contribution in [2.45, 2.75) is 6.54 Å². The van der Waals surface area contributed by atoms with Gasteiger partial charge in [0.05, 0.1) is 18.8 Å². The van der Waals surface area contributed by atoms with E-state index in [1.54, 1.807) is 24.4 Å². The number of nitrogen functional groups attached to an aromatic ring is 1. The van der Waals surface area contributed by atoms with E-state index in [0.717, 1.165) is 24.5 Å². The minimum absolute atomic E-state index is 0.181. The Hall–Kier alpha value is -2.60. The lowest BCUT2D eigenvalue weighted by Crippen LogP contribution is -2.37. The molecule has 1 aromatic heterocycles. The molecule has 3 rings (SSSR count). The van der Waals surface area contributed by atoms with Crippen LogP contribution in [-0.4, -0.2) is 37.2 Å². The van der Waals surface area contributed by atoms with Gasteiger partial charge in [0.15, 0.2) is 0 Å². The second-order valence-corrected chi connectivity index (χ2v) is 5.36. The van der Waals surface area contributed by atoms with Crippen molar-refractivity contribution >= 4 is 17.4 Å². The Morgan fingerprint density at radius 1 is 1.22 bits per heavy atom. The summed E-state index contributed by atoms with van der Waals surface area (Å²) in [6.07, 6.45) is 1.77. The molecule has 1 aliphatic heterocycles. The van der Waals surface area contributed by atoms with Crippen LogP contribution < -0.4 is 16.0 Å². The predicted molar refractivity (Wildman–Crippen MR) is 89.3 cm³/mol. The van der Waals surface area contributed by atoms with Crippen molar-refractivity contribution in [3.05, 3.63) is 53.7 Å². The standard InChI is InChI=1S/C17H20N4O2/c18-15-6-2-1-5-14(15)17(22)20-12-13-4-3-7-19-16(13)21-8-10-23-11-9-21/h1-7H,8-12,18H2,(H,20,22). The van der Waals surface area contributed by atoms with Crippen LogP contribution in [-0.2, 0) is 11.3 Å². The Labute approximate surface area is 135 Å². The van der Waals surface area contributed by atoms with Crippen molar-refractivity contribution in [1.29, 1.82) is 0 Å². The summed E-state index contributed by atoms with van der Waals surface area (Å²) in [7, 11) is 0. The van der Waals surface area contributed by atoms with Crippen LogP contribution in [0.25, 0.3) is 0 Å². The largest absolute Gasteiger partial charge is 0.398 e. The normalized spacial score (nSPS) is 14.5. The van der Waals surface area contributed by atoms with Gasteiger partial charge in [-0.25, -0.2) is 4.98 Å². The zero-order valence-corrected chi connectivity index (χ0v) is 12.9. The molecule has 1 aromatic carbocycles. The third kappa shape index (κ3) is 3.60. The van der Waals surface area contributed by atoms with Gasteiger partial charge in [-0.2, -0.15) is 0 Å². The number of nitrogens with two attached hydrogens (primary N) is 1. The molecule has 120 valence electrons. The number of rotatable bonds is 4. The molecule has 0 bridgehead atoms. The van der Waals surface area contributed by atoms with Gasteiger partial charge in [0.2, 0.25) is 0 Å². The Morgan fingerprint density at radius 2 is 2.00 bits per heavy atom. The highest BCUT2D eigenvalue weighted by Crippen LogP contribution is 2.18. The third-order valence-electron chi connectivity index (χ3n) is 3.82. The van der Waals surface area contributed by atoms with Gasteiger partial charge in [0.25, 0.3) is 5.91 Å². The molecule has 2 aromatic rings. The van der Waals surface area contributed by atoms with Gasteiger partial charge in [0.1, 0.15) is 5.82 Å². The highest BCUT2D eigenvalue weighted by Gasteiger charge is 2.16. The van der Waals surface area contributed by atoms with Crippen LogP contribution in [0.15, 0.2) is 42.6 Å². The Bertz CT molecular complexity index is 684. The number of aromatic nitrogens is 1. The van der Waals surface area contributed by atoms with Crippen LogP contribution in [0.1, 0.15) is 15.9 Å². The molecule has 6 nitrogen and oxygen atoms in total. The van der Waals surface area contributed by atoms with Gasteiger partial charge in [-0.1, -0.05) is 18.2 Å². The average Bonchev–Trinajstić information content (AvgIpc) is 2.61. The van der Waals surface area contributed by atoms with E-state index in [2.05, 4.69) is 15.2 Å². The molecule has 0 spiro atoms. The molecule has 6 heteroatoms. The maximum absolute atomic E-state index is 12.3. The van der Waals surface area contributed by atoms with Crippen molar-refractivity contribution in [1.82, 2.24) is 10.3 Å². The fourth-order valence-electron chi connectivity index (χ4n) is 2.60. The molecular weight excluding hydrogens is 292 g/mol. The van der Waals surface area contributed by atoms with Gasteiger partial charge in [-0.05, 0) is 18.2 Å². The number of hydrogen-bond donors (Lipinski definition) is 2. The topological polar surface area (TPSA) is 80.5 Å². The minimum Gasteiger partial charge on any atom is -0.398 e. The third-order valence-corrected chi connectivity index (χ3v) is 3.82. The van der Waals surface area contributed by atoms with E-state index in [1.807, 2.05) is 18.2 Å². The number of carbonyl (C=O) groups is 1. The second-order valence-electron chi connectivity index (χ2n) is 5.36. The van der Waals surface area contributed by atoms with Gasteiger partial charge in [-0.15, -0.1) is 0 Å². The number of amides is 1.